The summed E-state index contributed by atoms with van der Waals surface area (Å²) in [5.74, 6) is 0. The van der Waals surface area contributed by atoms with Crippen LogP contribution >= 0.6 is 0 Å². The van der Waals surface area contributed by atoms with E-state index < -0.39 is 0 Å². The maximum atomic E-state index is 9.89. The van der Waals surface area contributed by atoms with Gasteiger partial charge in [0.15, 0.2) is 11.4 Å². The zero-order valence-electron chi connectivity index (χ0n) is 53.1. The number of hydrogen-bond acceptors (Lipinski definition) is 4. The molecule has 0 radical (unpaired) electrons. The molecule has 0 saturated heterocycles. The number of nitrogens with zero attached hydrogens (tertiary/aromatic N) is 6. The Morgan fingerprint density at radius 2 is 0.670 bits per heavy atom. The molecule has 3 aliphatic carbocycles. The predicted octanol–water partition coefficient (Wildman–Crippen LogP) is 23.5. The zero-order chi connectivity index (χ0) is 62.0. The third-order valence-corrected chi connectivity index (χ3v) is 25.0. The highest BCUT2D eigenvalue weighted by molar-refractivity contribution is 6.32. The monoisotopic (exact) mass is 1180 g/mol. The summed E-state index contributed by atoms with van der Waals surface area (Å²) in [7, 11) is 0. The lowest BCUT2D eigenvalue weighted by atomic mass is 9.61. The molecule has 6 atom stereocenters. The van der Waals surface area contributed by atoms with E-state index in [1.165, 1.54) is 149 Å². The maximum Gasteiger partial charge on any atom is 0.187 e. The van der Waals surface area contributed by atoms with E-state index >= 15 is 0 Å². The minimum absolute atomic E-state index is 0.103. The van der Waals surface area contributed by atoms with E-state index in [1.54, 1.807) is 0 Å². The molecule has 91 heavy (non-hydrogen) atoms. The van der Waals surface area contributed by atoms with Crippen LogP contribution in [0.15, 0.2) is 194 Å². The molecule has 0 aromatic heterocycles. The first-order valence-corrected chi connectivity index (χ1v) is 33.3. The average Bonchev–Trinajstić information content (AvgIpc) is 1.70. The standard InChI is InChI=1S/C85H74N6/c1-80-42-12-15-45-83(80,4)89(61-29-20-54(53-86)21-30-61)75-39-23-57(49-72(75)80)70-52-71(58-24-41-77-74(50-58)82(3)44-14-17-47-85(82,6)91(77)63-33-27-60(88-8)28-34-63)67-38-37-65-69(51-68(55-18-10-9-11-19-55)64-35-36-66(70)79(67)78(64)65)56-22-40-76-73(48-56)81(2)43-13-16-46-84(81,5)90(76)62-31-25-59(87-7)26-32-62/h9-11,18-41,48-52H,12-17,42-47H2,1-6H3. The summed E-state index contributed by atoms with van der Waals surface area (Å²) >= 11 is 0. The first-order chi connectivity index (χ1) is 44.2. The van der Waals surface area contributed by atoms with Crippen molar-refractivity contribution in [3.05, 3.63) is 239 Å². The SMILES string of the molecule is [C-]#[N+]c1ccc(N2c3ccc(-c4cc(-c5ccccc5)c5ccc6c(-c7ccc8c(c7)C7(C)CCCCC7(C)N8c7ccc(C#N)cc7)cc(-c7ccc8c(c7)C7(C)CCCCC7(C)N8c7ccc([N+]#[C-])cc7)c7ccc4c5c67)cc3C3(C)CCCCC23C)cc1. The third-order valence-electron chi connectivity index (χ3n) is 25.0. The number of benzene rings is 11. The molecule has 3 heterocycles. The molecule has 11 aromatic carbocycles. The summed E-state index contributed by atoms with van der Waals surface area (Å²) in [5, 5.41) is 17.5. The third kappa shape index (κ3) is 7.44. The number of hydrogen-bond donors (Lipinski definition) is 0. The van der Waals surface area contributed by atoms with Crippen LogP contribution in [-0.4, -0.2) is 16.6 Å². The normalized spacial score (nSPS) is 25.3. The van der Waals surface area contributed by atoms with Gasteiger partial charge in [-0.15, -0.1) is 0 Å². The Labute approximate surface area is 536 Å². The first kappa shape index (κ1) is 55.4. The molecule has 6 nitrogen and oxygen atoms in total. The first-order valence-electron chi connectivity index (χ1n) is 33.3. The van der Waals surface area contributed by atoms with Crippen LogP contribution in [0.1, 0.15) is 141 Å². The van der Waals surface area contributed by atoms with Gasteiger partial charge in [-0.25, -0.2) is 9.69 Å². The molecular weight excluding hydrogens is 1100 g/mol. The second-order valence-corrected chi connectivity index (χ2v) is 28.9. The number of rotatable bonds is 7. The van der Waals surface area contributed by atoms with E-state index in [-0.39, 0.29) is 32.9 Å². The topological polar surface area (TPSA) is 42.2 Å². The summed E-state index contributed by atoms with van der Waals surface area (Å²) in [6.07, 6.45) is 13.7. The van der Waals surface area contributed by atoms with Crippen LogP contribution in [0.4, 0.5) is 45.5 Å². The summed E-state index contributed by atoms with van der Waals surface area (Å²) in [5.41, 5.74) is 22.6. The van der Waals surface area contributed by atoms with Gasteiger partial charge in [-0.3, -0.25) is 0 Å². The van der Waals surface area contributed by atoms with Crippen molar-refractivity contribution in [3.63, 3.8) is 0 Å². The fraction of sp³-hybridized carbons (Fsp3) is 0.282. The summed E-state index contributed by atoms with van der Waals surface area (Å²) < 4.78 is 0. The summed E-state index contributed by atoms with van der Waals surface area (Å²) in [4.78, 5) is 15.4. The Hall–Kier alpha value is -9.67. The second kappa shape index (κ2) is 19.7. The fourth-order valence-corrected chi connectivity index (χ4v) is 19.5. The highest BCUT2D eigenvalue weighted by Crippen LogP contribution is 2.65. The van der Waals surface area contributed by atoms with Crippen LogP contribution in [0.3, 0.4) is 0 Å². The Morgan fingerprint density at radius 3 is 1.00 bits per heavy atom. The molecule has 6 aliphatic rings. The lowest BCUT2D eigenvalue weighted by Gasteiger charge is -2.50. The number of anilines is 6. The van der Waals surface area contributed by atoms with Crippen LogP contribution in [0.2, 0.25) is 0 Å². The van der Waals surface area contributed by atoms with Crippen LogP contribution in [0.5, 0.6) is 0 Å². The van der Waals surface area contributed by atoms with Gasteiger partial charge in [-0.05, 0) is 250 Å². The summed E-state index contributed by atoms with van der Waals surface area (Å²) in [6, 6.07) is 75.5. The maximum absolute atomic E-state index is 9.89. The van der Waals surface area contributed by atoms with Gasteiger partial charge in [0.2, 0.25) is 0 Å². The largest absolute Gasteiger partial charge is 0.335 e. The van der Waals surface area contributed by atoms with Crippen molar-refractivity contribution in [2.45, 2.75) is 151 Å². The molecule has 17 rings (SSSR count). The summed E-state index contributed by atoms with van der Waals surface area (Å²) in [6.45, 7) is 30.7. The second-order valence-electron chi connectivity index (χ2n) is 28.9. The van der Waals surface area contributed by atoms with Gasteiger partial charge in [0.05, 0.1) is 41.4 Å². The zero-order valence-corrected chi connectivity index (χ0v) is 53.1. The molecule has 0 bridgehead atoms. The Morgan fingerprint density at radius 1 is 0.352 bits per heavy atom. The van der Waals surface area contributed by atoms with Crippen molar-refractivity contribution in [3.8, 4) is 50.6 Å². The fourth-order valence-electron chi connectivity index (χ4n) is 19.5. The van der Waals surface area contributed by atoms with Crippen molar-refractivity contribution in [1.29, 1.82) is 5.26 Å². The molecule has 0 spiro atoms. The minimum Gasteiger partial charge on any atom is -0.335 e. The van der Waals surface area contributed by atoms with Crippen molar-refractivity contribution in [1.82, 2.24) is 0 Å². The molecule has 3 aliphatic heterocycles. The number of fused-ring (bicyclic) bond motifs is 9. The van der Waals surface area contributed by atoms with E-state index in [0.29, 0.717) is 16.9 Å². The lowest BCUT2D eigenvalue weighted by molar-refractivity contribution is 0.195. The van der Waals surface area contributed by atoms with E-state index in [9.17, 15) is 5.26 Å². The molecule has 3 fully saturated rings. The van der Waals surface area contributed by atoms with Crippen LogP contribution < -0.4 is 14.7 Å². The van der Waals surface area contributed by atoms with Gasteiger partial charge in [0, 0.05) is 50.4 Å². The van der Waals surface area contributed by atoms with E-state index in [4.69, 9.17) is 13.1 Å². The van der Waals surface area contributed by atoms with E-state index in [1.807, 2.05) is 36.4 Å². The van der Waals surface area contributed by atoms with Crippen molar-refractivity contribution < 1.29 is 0 Å². The Balaban J connectivity index is 0.930. The highest BCUT2D eigenvalue weighted by Gasteiger charge is 2.60. The molecule has 0 N–H and O–H groups in total. The molecule has 11 aromatic rings. The van der Waals surface area contributed by atoms with Crippen LogP contribution in [-0.2, 0) is 16.2 Å². The van der Waals surface area contributed by atoms with Gasteiger partial charge < -0.3 is 14.7 Å². The predicted molar refractivity (Wildman–Crippen MR) is 378 cm³/mol. The van der Waals surface area contributed by atoms with Gasteiger partial charge in [0.1, 0.15) is 0 Å². The molecule has 6 unspecified atom stereocenters. The van der Waals surface area contributed by atoms with Crippen molar-refractivity contribution in [2.75, 3.05) is 14.7 Å². The van der Waals surface area contributed by atoms with E-state index in [0.717, 1.165) is 55.6 Å². The molecule has 444 valence electrons. The Kier molecular flexibility index (Phi) is 12.0. The van der Waals surface area contributed by atoms with E-state index in [2.05, 4.69) is 230 Å². The van der Waals surface area contributed by atoms with Crippen molar-refractivity contribution in [2.24, 2.45) is 0 Å². The van der Waals surface area contributed by atoms with Crippen LogP contribution in [0.25, 0.3) is 86.5 Å². The van der Waals surface area contributed by atoms with Crippen molar-refractivity contribution >= 4 is 77.8 Å². The lowest BCUT2D eigenvalue weighted by Crippen LogP contribution is -2.54. The molecule has 3 saturated carbocycles. The number of nitriles is 1. The molecule has 0 amide bonds. The van der Waals surface area contributed by atoms with Gasteiger partial charge in [0.25, 0.3) is 0 Å². The average molecular weight is 1180 g/mol. The highest BCUT2D eigenvalue weighted by atomic mass is 15.3. The van der Waals surface area contributed by atoms with Gasteiger partial charge in [-0.2, -0.15) is 5.26 Å². The Bertz CT molecular complexity index is 4820. The molecule has 6 heteroatoms. The quantitative estimate of drug-likeness (QED) is 0.118. The minimum atomic E-state index is -0.160. The smallest absolute Gasteiger partial charge is 0.187 e. The van der Waals surface area contributed by atoms with Gasteiger partial charge in [-0.1, -0.05) is 156 Å². The van der Waals surface area contributed by atoms with Gasteiger partial charge >= 0.3 is 0 Å². The van der Waals surface area contributed by atoms with Crippen LogP contribution in [0, 0.1) is 24.5 Å². The molecular formula is C85H74N6.